The Morgan fingerprint density at radius 3 is 2.58 bits per heavy atom. The molecule has 0 amide bonds. The minimum Gasteiger partial charge on any atom is -0.475 e. The highest BCUT2D eigenvalue weighted by atomic mass is 79.9. The van der Waals surface area contributed by atoms with Gasteiger partial charge in [0.05, 0.1) is 12.1 Å². The van der Waals surface area contributed by atoms with E-state index < -0.39 is 12.1 Å². The van der Waals surface area contributed by atoms with E-state index in [1.165, 1.54) is 12.8 Å². The predicted octanol–water partition coefficient (Wildman–Crippen LogP) is 3.96. The zero-order chi connectivity index (χ0) is 28.0. The van der Waals surface area contributed by atoms with E-state index in [4.69, 9.17) is 19.9 Å². The third-order valence-electron chi connectivity index (χ3n) is 6.18. The average molecular weight is 601 g/mol. The lowest BCUT2D eigenvalue weighted by molar-refractivity contribution is -0.192. The number of carbonyl (C=O) groups is 1. The van der Waals surface area contributed by atoms with Gasteiger partial charge in [-0.05, 0) is 60.4 Å². The monoisotopic (exact) mass is 600 g/mol. The number of carboxylic acid groups (broad SMARTS) is 1. The Hall–Kier alpha value is -3.00. The Morgan fingerprint density at radius 1 is 1.26 bits per heavy atom. The number of halogens is 4. The van der Waals surface area contributed by atoms with Gasteiger partial charge in [-0.25, -0.2) is 14.8 Å². The van der Waals surface area contributed by atoms with Crippen LogP contribution in [0.25, 0.3) is 10.9 Å². The number of anilines is 2. The Balaban J connectivity index is 0.000000505. The summed E-state index contributed by atoms with van der Waals surface area (Å²) in [7, 11) is 6.18. The maximum absolute atomic E-state index is 10.6. The maximum Gasteiger partial charge on any atom is 0.490 e. The number of aliphatic carboxylic acids is 1. The lowest BCUT2D eigenvalue weighted by atomic mass is 10.1. The summed E-state index contributed by atoms with van der Waals surface area (Å²) >= 11 is 3.70. The lowest BCUT2D eigenvalue weighted by Crippen LogP contribution is -2.29. The molecule has 0 aliphatic carbocycles. The predicted molar refractivity (Wildman–Crippen MR) is 142 cm³/mol. The van der Waals surface area contributed by atoms with Gasteiger partial charge in [-0.1, -0.05) is 13.0 Å². The average Bonchev–Trinajstić information content (AvgIpc) is 3.47. The van der Waals surface area contributed by atoms with Crippen LogP contribution in [0.4, 0.5) is 24.9 Å². The molecule has 1 atom stereocenters. The summed E-state index contributed by atoms with van der Waals surface area (Å²) in [6.45, 7) is 7.12. The van der Waals surface area contributed by atoms with Gasteiger partial charge in [0, 0.05) is 43.6 Å². The van der Waals surface area contributed by atoms with Gasteiger partial charge < -0.3 is 19.8 Å². The Kier molecular flexibility index (Phi) is 9.88. The summed E-state index contributed by atoms with van der Waals surface area (Å²) in [6, 6.07) is 6.15. The Morgan fingerprint density at radius 2 is 1.97 bits per heavy atom. The van der Waals surface area contributed by atoms with E-state index in [0.717, 1.165) is 59.1 Å². The maximum atomic E-state index is 10.6. The van der Waals surface area contributed by atoms with Gasteiger partial charge in [-0.3, -0.25) is 4.68 Å². The van der Waals surface area contributed by atoms with Crippen molar-refractivity contribution in [3.8, 4) is 0 Å². The molecule has 0 radical (unpaired) electrons. The third kappa shape index (κ3) is 7.53. The Bertz CT molecular complexity index is 1240. The smallest absolute Gasteiger partial charge is 0.475 e. The highest BCUT2D eigenvalue weighted by Gasteiger charge is 2.38. The van der Waals surface area contributed by atoms with Crippen LogP contribution < -0.4 is 9.80 Å². The lowest BCUT2D eigenvalue weighted by Gasteiger charge is -2.24. The summed E-state index contributed by atoms with van der Waals surface area (Å²) in [5.74, 6) is 0.504. The van der Waals surface area contributed by atoms with Crippen LogP contribution in [0.15, 0.2) is 29.0 Å². The van der Waals surface area contributed by atoms with Gasteiger partial charge in [0.1, 0.15) is 18.0 Å². The molecule has 0 bridgehead atoms. The zero-order valence-electron chi connectivity index (χ0n) is 21.8. The number of aromatic nitrogens is 5. The topological polar surface area (TPSA) is 104 Å². The summed E-state index contributed by atoms with van der Waals surface area (Å²) in [6.07, 6.45) is -1.13. The van der Waals surface area contributed by atoms with E-state index in [1.807, 2.05) is 26.2 Å². The molecule has 1 fully saturated rings. The van der Waals surface area contributed by atoms with Gasteiger partial charge in [0.15, 0.2) is 0 Å². The number of carboxylic acids is 1. The molecule has 10 nitrogen and oxygen atoms in total. The first kappa shape index (κ1) is 29.6. The minimum atomic E-state index is -5.08. The quantitative estimate of drug-likeness (QED) is 0.411. The molecule has 3 heterocycles. The van der Waals surface area contributed by atoms with Gasteiger partial charge in [0.2, 0.25) is 5.95 Å². The molecule has 1 aromatic carbocycles. The molecule has 1 saturated heterocycles. The molecular weight excluding hydrogens is 569 g/mol. The molecule has 2 aromatic heterocycles. The van der Waals surface area contributed by atoms with E-state index in [1.54, 1.807) is 11.0 Å². The van der Waals surface area contributed by atoms with Crippen molar-refractivity contribution < 1.29 is 23.1 Å². The second kappa shape index (κ2) is 12.7. The van der Waals surface area contributed by atoms with Crippen molar-refractivity contribution in [1.29, 1.82) is 0 Å². The number of hydrogen-bond acceptors (Lipinski definition) is 8. The molecule has 38 heavy (non-hydrogen) atoms. The van der Waals surface area contributed by atoms with Crippen molar-refractivity contribution in [3.05, 3.63) is 34.8 Å². The van der Waals surface area contributed by atoms with Crippen LogP contribution in [0, 0.1) is 5.92 Å². The third-order valence-corrected chi connectivity index (χ3v) is 6.82. The van der Waals surface area contributed by atoms with Crippen LogP contribution in [-0.2, 0) is 18.4 Å². The fourth-order valence-electron chi connectivity index (χ4n) is 4.35. The van der Waals surface area contributed by atoms with Gasteiger partial charge in [-0.2, -0.15) is 23.3 Å². The van der Waals surface area contributed by atoms with Crippen LogP contribution in [0.1, 0.15) is 25.6 Å². The van der Waals surface area contributed by atoms with Crippen molar-refractivity contribution in [1.82, 2.24) is 29.6 Å². The molecule has 14 heteroatoms. The summed E-state index contributed by atoms with van der Waals surface area (Å²) in [5, 5.41) is 12.3. The van der Waals surface area contributed by atoms with E-state index in [2.05, 4.69) is 60.8 Å². The molecule has 0 saturated carbocycles. The number of aryl methyl sites for hydroxylation is 1. The van der Waals surface area contributed by atoms with Crippen molar-refractivity contribution in [2.45, 2.75) is 32.5 Å². The van der Waals surface area contributed by atoms with E-state index >= 15 is 0 Å². The molecule has 0 spiro atoms. The number of fused-ring (bicyclic) bond motifs is 1. The number of benzene rings is 1. The van der Waals surface area contributed by atoms with E-state index in [9.17, 15) is 13.2 Å². The molecular formula is C24H32BrF3N8O2. The highest BCUT2D eigenvalue weighted by molar-refractivity contribution is 9.10. The van der Waals surface area contributed by atoms with Crippen molar-refractivity contribution in [3.63, 3.8) is 0 Å². The molecule has 1 aliphatic heterocycles. The van der Waals surface area contributed by atoms with Crippen LogP contribution in [0.2, 0.25) is 0 Å². The first-order valence-corrected chi connectivity index (χ1v) is 12.9. The van der Waals surface area contributed by atoms with Crippen LogP contribution in [-0.4, -0.2) is 87.2 Å². The summed E-state index contributed by atoms with van der Waals surface area (Å²) in [5.41, 5.74) is 0.943. The van der Waals surface area contributed by atoms with Crippen molar-refractivity contribution in [2.24, 2.45) is 13.0 Å². The first-order chi connectivity index (χ1) is 17.9. The fourth-order valence-corrected chi connectivity index (χ4v) is 4.80. The van der Waals surface area contributed by atoms with Crippen molar-refractivity contribution >= 4 is 44.6 Å². The standard InChI is InChI=1S/C22H31BrN8.C2HF3O2/c1-5-10-28(2)12-16-9-11-31(13-16)22-26-20-17(7-6-8-18(20)23)21(27-22)29(3)14-19-24-15-25-30(19)4;3-2(4,5)1(6)7/h6-8,15-16H,5,9-14H2,1-4H3;(H,6,7). The number of alkyl halides is 3. The zero-order valence-corrected chi connectivity index (χ0v) is 23.4. The van der Waals surface area contributed by atoms with E-state index in [-0.39, 0.29) is 0 Å². The molecule has 1 unspecified atom stereocenters. The SMILES string of the molecule is CCCN(C)CC1CCN(c2nc(N(C)Cc3ncnn3C)c3cccc(Br)c3n2)C1.O=C(O)C(F)(F)F. The Labute approximate surface area is 227 Å². The second-order valence-corrected chi connectivity index (χ2v) is 10.2. The van der Waals surface area contributed by atoms with Gasteiger partial charge in [0.25, 0.3) is 0 Å². The minimum absolute atomic E-state index is 0.624. The number of hydrogen-bond donors (Lipinski definition) is 1. The molecule has 1 aliphatic rings. The normalized spacial score (nSPS) is 15.6. The first-order valence-electron chi connectivity index (χ1n) is 12.1. The fraction of sp³-hybridized carbons (Fsp3) is 0.542. The number of nitrogens with zero attached hydrogens (tertiary/aromatic N) is 8. The van der Waals surface area contributed by atoms with Crippen molar-refractivity contribution in [2.75, 3.05) is 50.1 Å². The summed E-state index contributed by atoms with van der Waals surface area (Å²) in [4.78, 5) is 30.2. The molecule has 3 aromatic rings. The second-order valence-electron chi connectivity index (χ2n) is 9.31. The molecule has 4 rings (SSSR count). The molecule has 208 valence electrons. The number of para-hydroxylation sites is 1. The van der Waals surface area contributed by atoms with E-state index in [0.29, 0.717) is 12.5 Å². The largest absolute Gasteiger partial charge is 0.490 e. The summed E-state index contributed by atoms with van der Waals surface area (Å²) < 4.78 is 34.5. The van der Waals surface area contributed by atoms with Gasteiger partial charge in [-0.15, -0.1) is 0 Å². The number of rotatable bonds is 8. The van der Waals surface area contributed by atoms with Crippen LogP contribution >= 0.6 is 15.9 Å². The molecule has 1 N–H and O–H groups in total. The van der Waals surface area contributed by atoms with Crippen LogP contribution in [0.3, 0.4) is 0 Å². The van der Waals surface area contributed by atoms with Crippen LogP contribution in [0.5, 0.6) is 0 Å². The van der Waals surface area contributed by atoms with Gasteiger partial charge >= 0.3 is 12.1 Å². The highest BCUT2D eigenvalue weighted by Crippen LogP contribution is 2.32.